The third-order valence-electron chi connectivity index (χ3n) is 3.27. The number of rotatable bonds is 5. The van der Waals surface area contributed by atoms with Gasteiger partial charge in [0.25, 0.3) is 0 Å². The van der Waals surface area contributed by atoms with Gasteiger partial charge in [0, 0.05) is 5.02 Å². The second kappa shape index (κ2) is 6.66. The molecule has 0 bridgehead atoms. The van der Waals surface area contributed by atoms with E-state index in [1.54, 1.807) is 24.3 Å². The molecule has 124 valence electrons. The molecular formula is C15H12ClFN4O2S. The lowest BCUT2D eigenvalue weighted by molar-refractivity contribution is 0.591. The zero-order valence-electron chi connectivity index (χ0n) is 12.3. The SMILES string of the molecule is O=S(=O)(Cc1ccc(F)cc1Cl)Cc1nnnn1-c1ccccc1. The molecule has 9 heteroatoms. The fraction of sp³-hybridized carbons (Fsp3) is 0.133. The molecule has 0 amide bonds. The highest BCUT2D eigenvalue weighted by molar-refractivity contribution is 7.89. The molecular weight excluding hydrogens is 355 g/mol. The lowest BCUT2D eigenvalue weighted by Crippen LogP contribution is -2.13. The molecule has 0 radical (unpaired) electrons. The summed E-state index contributed by atoms with van der Waals surface area (Å²) in [6, 6.07) is 12.6. The smallest absolute Gasteiger partial charge is 0.171 e. The standard InChI is InChI=1S/C15H12ClFN4O2S/c16-14-8-12(17)7-6-11(14)9-24(22,23)10-15-18-19-20-21(15)13-4-2-1-3-5-13/h1-8H,9-10H2. The van der Waals surface area contributed by atoms with Crippen molar-refractivity contribution in [3.63, 3.8) is 0 Å². The Morgan fingerprint density at radius 3 is 2.54 bits per heavy atom. The number of para-hydroxylation sites is 1. The van der Waals surface area contributed by atoms with Crippen LogP contribution in [0.25, 0.3) is 5.69 Å². The van der Waals surface area contributed by atoms with Crippen molar-refractivity contribution in [3.8, 4) is 5.69 Å². The van der Waals surface area contributed by atoms with E-state index in [0.29, 0.717) is 11.3 Å². The van der Waals surface area contributed by atoms with Gasteiger partial charge in [-0.3, -0.25) is 0 Å². The fourth-order valence-corrected chi connectivity index (χ4v) is 3.90. The summed E-state index contributed by atoms with van der Waals surface area (Å²) in [4.78, 5) is 0. The Labute approximate surface area is 142 Å². The first-order valence-corrected chi connectivity index (χ1v) is 9.11. The minimum atomic E-state index is -3.59. The first-order valence-electron chi connectivity index (χ1n) is 6.92. The Kier molecular flexibility index (Phi) is 4.59. The summed E-state index contributed by atoms with van der Waals surface area (Å²) in [6.45, 7) is 0. The minimum absolute atomic E-state index is 0.0706. The number of nitrogens with zero attached hydrogens (tertiary/aromatic N) is 4. The molecule has 3 aromatic rings. The highest BCUT2D eigenvalue weighted by atomic mass is 35.5. The molecule has 0 aliphatic carbocycles. The molecule has 0 fully saturated rings. The number of sulfone groups is 1. The van der Waals surface area contributed by atoms with E-state index in [9.17, 15) is 12.8 Å². The summed E-state index contributed by atoms with van der Waals surface area (Å²) in [7, 11) is -3.59. The molecule has 3 rings (SSSR count). The molecule has 0 saturated carbocycles. The van der Waals surface area contributed by atoms with Crippen molar-refractivity contribution in [2.75, 3.05) is 0 Å². The summed E-state index contributed by atoms with van der Waals surface area (Å²) in [5, 5.41) is 11.2. The second-order valence-corrected chi connectivity index (χ2v) is 7.58. The van der Waals surface area contributed by atoms with Gasteiger partial charge in [0.15, 0.2) is 15.7 Å². The van der Waals surface area contributed by atoms with Crippen molar-refractivity contribution < 1.29 is 12.8 Å². The molecule has 1 aromatic heterocycles. The number of aromatic nitrogens is 4. The Balaban J connectivity index is 1.84. The van der Waals surface area contributed by atoms with Crippen molar-refractivity contribution in [1.29, 1.82) is 0 Å². The van der Waals surface area contributed by atoms with E-state index in [1.807, 2.05) is 6.07 Å². The van der Waals surface area contributed by atoms with Crippen LogP contribution in [0.15, 0.2) is 48.5 Å². The first-order chi connectivity index (χ1) is 11.4. The Bertz CT molecular complexity index is 961. The summed E-state index contributed by atoms with van der Waals surface area (Å²) in [5.41, 5.74) is 0.990. The molecule has 1 heterocycles. The van der Waals surface area contributed by atoms with Crippen molar-refractivity contribution in [1.82, 2.24) is 20.2 Å². The average Bonchev–Trinajstić information content (AvgIpc) is 2.98. The van der Waals surface area contributed by atoms with Crippen LogP contribution in [0.1, 0.15) is 11.4 Å². The fourth-order valence-electron chi connectivity index (χ4n) is 2.19. The van der Waals surface area contributed by atoms with E-state index in [0.717, 1.165) is 6.07 Å². The van der Waals surface area contributed by atoms with E-state index in [4.69, 9.17) is 11.6 Å². The van der Waals surface area contributed by atoms with Crippen LogP contribution in [0, 0.1) is 5.82 Å². The molecule has 0 unspecified atom stereocenters. The van der Waals surface area contributed by atoms with Gasteiger partial charge in [-0.25, -0.2) is 12.8 Å². The van der Waals surface area contributed by atoms with E-state index < -0.39 is 15.7 Å². The van der Waals surface area contributed by atoms with E-state index in [-0.39, 0.29) is 22.4 Å². The van der Waals surface area contributed by atoms with Crippen LogP contribution in [-0.2, 0) is 21.3 Å². The molecule has 6 nitrogen and oxygen atoms in total. The monoisotopic (exact) mass is 366 g/mol. The lowest BCUT2D eigenvalue weighted by Gasteiger charge is -2.07. The van der Waals surface area contributed by atoms with Crippen molar-refractivity contribution in [2.24, 2.45) is 0 Å². The van der Waals surface area contributed by atoms with Crippen LogP contribution in [0.5, 0.6) is 0 Å². The van der Waals surface area contributed by atoms with Gasteiger partial charge in [0.05, 0.1) is 11.4 Å². The summed E-state index contributed by atoms with van der Waals surface area (Å²) in [6.07, 6.45) is 0. The lowest BCUT2D eigenvalue weighted by atomic mass is 10.2. The maximum Gasteiger partial charge on any atom is 0.171 e. The van der Waals surface area contributed by atoms with Gasteiger partial charge >= 0.3 is 0 Å². The predicted molar refractivity (Wildman–Crippen MR) is 86.9 cm³/mol. The summed E-state index contributed by atoms with van der Waals surface area (Å²) in [5.74, 6) is -1.01. The van der Waals surface area contributed by atoms with Gasteiger partial charge in [-0.2, -0.15) is 4.68 Å². The van der Waals surface area contributed by atoms with Crippen LogP contribution in [-0.4, -0.2) is 28.6 Å². The number of benzene rings is 2. The predicted octanol–water partition coefficient (Wildman–Crippen LogP) is 2.57. The van der Waals surface area contributed by atoms with Crippen molar-refractivity contribution in [2.45, 2.75) is 11.5 Å². The van der Waals surface area contributed by atoms with Gasteiger partial charge in [-0.05, 0) is 40.3 Å². The molecule has 0 spiro atoms. The first kappa shape index (κ1) is 16.5. The van der Waals surface area contributed by atoms with Crippen LogP contribution in [0.4, 0.5) is 4.39 Å². The highest BCUT2D eigenvalue weighted by Gasteiger charge is 2.20. The summed E-state index contributed by atoms with van der Waals surface area (Å²) >= 11 is 5.89. The van der Waals surface area contributed by atoms with Crippen LogP contribution in [0.2, 0.25) is 5.02 Å². The Morgan fingerprint density at radius 2 is 1.83 bits per heavy atom. The highest BCUT2D eigenvalue weighted by Crippen LogP contribution is 2.21. The quantitative estimate of drug-likeness (QED) is 0.693. The zero-order chi connectivity index (χ0) is 17.2. The molecule has 0 aliphatic rings. The number of tetrazole rings is 1. The van der Waals surface area contributed by atoms with Gasteiger partial charge in [0.2, 0.25) is 0 Å². The minimum Gasteiger partial charge on any atom is -0.228 e. The van der Waals surface area contributed by atoms with Crippen LogP contribution in [0.3, 0.4) is 0 Å². The molecule has 0 atom stereocenters. The summed E-state index contributed by atoms with van der Waals surface area (Å²) < 4.78 is 39.3. The number of halogens is 2. The Hall–Kier alpha value is -2.32. The molecule has 2 aromatic carbocycles. The van der Waals surface area contributed by atoms with E-state index >= 15 is 0 Å². The maximum atomic E-state index is 13.1. The van der Waals surface area contributed by atoms with Gasteiger partial charge in [-0.15, -0.1) is 5.10 Å². The largest absolute Gasteiger partial charge is 0.228 e. The van der Waals surface area contributed by atoms with E-state index in [2.05, 4.69) is 15.5 Å². The third-order valence-corrected chi connectivity index (χ3v) is 5.08. The molecule has 0 N–H and O–H groups in total. The van der Waals surface area contributed by atoms with Crippen molar-refractivity contribution in [3.05, 3.63) is 70.8 Å². The Morgan fingerprint density at radius 1 is 1.08 bits per heavy atom. The zero-order valence-corrected chi connectivity index (χ0v) is 13.9. The second-order valence-electron chi connectivity index (χ2n) is 5.11. The normalized spacial score (nSPS) is 11.6. The van der Waals surface area contributed by atoms with Gasteiger partial charge < -0.3 is 0 Å². The van der Waals surface area contributed by atoms with Crippen LogP contribution < -0.4 is 0 Å². The van der Waals surface area contributed by atoms with E-state index in [1.165, 1.54) is 16.8 Å². The van der Waals surface area contributed by atoms with Crippen LogP contribution >= 0.6 is 11.6 Å². The van der Waals surface area contributed by atoms with Gasteiger partial charge in [-0.1, -0.05) is 35.9 Å². The molecule has 0 saturated heterocycles. The molecule has 0 aliphatic heterocycles. The van der Waals surface area contributed by atoms with Crippen molar-refractivity contribution >= 4 is 21.4 Å². The number of hydrogen-bond acceptors (Lipinski definition) is 5. The topological polar surface area (TPSA) is 77.7 Å². The van der Waals surface area contributed by atoms with Gasteiger partial charge in [0.1, 0.15) is 11.6 Å². The average molecular weight is 367 g/mol. The maximum absolute atomic E-state index is 13.1. The third kappa shape index (κ3) is 3.77. The molecule has 24 heavy (non-hydrogen) atoms. The number of hydrogen-bond donors (Lipinski definition) is 0.